The molecule has 1 aliphatic rings. The molecule has 0 fully saturated rings. The van der Waals surface area contributed by atoms with E-state index in [9.17, 15) is 5.11 Å². The van der Waals surface area contributed by atoms with Crippen LogP contribution in [0.25, 0.3) is 0 Å². The van der Waals surface area contributed by atoms with Crippen LogP contribution in [-0.2, 0) is 0 Å². The molecule has 0 aliphatic heterocycles. The normalized spacial score (nSPS) is 38.1. The third kappa shape index (κ3) is 1.48. The second kappa shape index (κ2) is 2.98. The van der Waals surface area contributed by atoms with Gasteiger partial charge in [-0.15, -0.1) is 0 Å². The molecule has 0 saturated carbocycles. The fourth-order valence-electron chi connectivity index (χ4n) is 1.82. The zero-order valence-electron chi connectivity index (χ0n) is 7.67. The molecular formula is C10H18O. The van der Waals surface area contributed by atoms with Crippen LogP contribution in [0, 0.1) is 11.8 Å². The number of allylic oxidation sites excluding steroid dienone is 1. The molecule has 1 N–H and O–H groups in total. The SMILES string of the molecule is CC(C)C1(O)CCC=CC1C. The Balaban J connectivity index is 2.76. The molecule has 64 valence electrons. The van der Waals surface area contributed by atoms with Gasteiger partial charge < -0.3 is 5.11 Å². The Kier molecular flexibility index (Phi) is 2.38. The van der Waals surface area contributed by atoms with Crippen molar-refractivity contribution >= 4 is 0 Å². The largest absolute Gasteiger partial charge is 0.389 e. The van der Waals surface area contributed by atoms with E-state index in [2.05, 4.69) is 32.9 Å². The second-order valence-corrected chi connectivity index (χ2v) is 3.90. The van der Waals surface area contributed by atoms with Crippen LogP contribution in [0.3, 0.4) is 0 Å². The van der Waals surface area contributed by atoms with Crippen molar-refractivity contribution in [3.8, 4) is 0 Å². The summed E-state index contributed by atoms with van der Waals surface area (Å²) in [6, 6.07) is 0. The van der Waals surface area contributed by atoms with E-state index in [1.807, 2.05) is 0 Å². The molecule has 2 unspecified atom stereocenters. The first-order chi connectivity index (χ1) is 5.07. The van der Waals surface area contributed by atoms with Crippen LogP contribution >= 0.6 is 0 Å². The van der Waals surface area contributed by atoms with Crippen molar-refractivity contribution in [2.24, 2.45) is 11.8 Å². The van der Waals surface area contributed by atoms with Crippen LogP contribution in [0.1, 0.15) is 33.6 Å². The Labute approximate surface area is 69.1 Å². The highest BCUT2D eigenvalue weighted by Gasteiger charge is 2.36. The Hall–Kier alpha value is -0.300. The lowest BCUT2D eigenvalue weighted by Crippen LogP contribution is -2.42. The Morgan fingerprint density at radius 3 is 2.55 bits per heavy atom. The molecular weight excluding hydrogens is 136 g/mol. The third-order valence-electron chi connectivity index (χ3n) is 2.92. The number of hydrogen-bond donors (Lipinski definition) is 1. The van der Waals surface area contributed by atoms with Crippen LogP contribution in [0.4, 0.5) is 0 Å². The highest BCUT2D eigenvalue weighted by molar-refractivity contribution is 5.04. The Bertz CT molecular complexity index is 160. The van der Waals surface area contributed by atoms with Crippen LogP contribution in [0.2, 0.25) is 0 Å². The fourth-order valence-corrected chi connectivity index (χ4v) is 1.82. The van der Waals surface area contributed by atoms with Crippen molar-refractivity contribution in [1.82, 2.24) is 0 Å². The van der Waals surface area contributed by atoms with E-state index < -0.39 is 5.60 Å². The summed E-state index contributed by atoms with van der Waals surface area (Å²) in [5.74, 6) is 0.679. The topological polar surface area (TPSA) is 20.2 Å². The molecule has 2 atom stereocenters. The van der Waals surface area contributed by atoms with Gasteiger partial charge in [-0.25, -0.2) is 0 Å². The maximum atomic E-state index is 10.2. The predicted octanol–water partition coefficient (Wildman–Crippen LogP) is 2.36. The third-order valence-corrected chi connectivity index (χ3v) is 2.92. The van der Waals surface area contributed by atoms with Gasteiger partial charge in [0.15, 0.2) is 0 Å². The molecule has 0 aromatic carbocycles. The van der Waals surface area contributed by atoms with Gasteiger partial charge in [0, 0.05) is 5.92 Å². The zero-order valence-corrected chi connectivity index (χ0v) is 7.67. The summed E-state index contributed by atoms with van der Waals surface area (Å²) in [5, 5.41) is 10.2. The average Bonchev–Trinajstić information content (AvgIpc) is 1.95. The van der Waals surface area contributed by atoms with Gasteiger partial charge in [0.1, 0.15) is 0 Å². The minimum atomic E-state index is -0.450. The zero-order chi connectivity index (χ0) is 8.48. The molecule has 1 aliphatic carbocycles. The number of aliphatic hydroxyl groups is 1. The van der Waals surface area contributed by atoms with Gasteiger partial charge in [-0.3, -0.25) is 0 Å². The van der Waals surface area contributed by atoms with Crippen LogP contribution < -0.4 is 0 Å². The summed E-state index contributed by atoms with van der Waals surface area (Å²) in [6.45, 7) is 6.28. The summed E-state index contributed by atoms with van der Waals surface area (Å²) < 4.78 is 0. The van der Waals surface area contributed by atoms with Crippen LogP contribution in [-0.4, -0.2) is 10.7 Å². The monoisotopic (exact) mass is 154 g/mol. The fraction of sp³-hybridized carbons (Fsp3) is 0.800. The Morgan fingerprint density at radius 2 is 2.18 bits per heavy atom. The number of hydrogen-bond acceptors (Lipinski definition) is 1. The molecule has 11 heavy (non-hydrogen) atoms. The molecule has 0 saturated heterocycles. The quantitative estimate of drug-likeness (QED) is 0.575. The maximum Gasteiger partial charge on any atom is 0.0733 e. The van der Waals surface area contributed by atoms with Gasteiger partial charge in [0.2, 0.25) is 0 Å². The molecule has 0 amide bonds. The first-order valence-corrected chi connectivity index (χ1v) is 4.46. The molecule has 0 aromatic rings. The molecule has 0 aromatic heterocycles. The highest BCUT2D eigenvalue weighted by atomic mass is 16.3. The van der Waals surface area contributed by atoms with Gasteiger partial charge in [-0.1, -0.05) is 32.9 Å². The summed E-state index contributed by atoms with van der Waals surface area (Å²) in [7, 11) is 0. The molecule has 0 heterocycles. The van der Waals surface area contributed by atoms with E-state index in [0.29, 0.717) is 11.8 Å². The van der Waals surface area contributed by atoms with E-state index in [1.165, 1.54) is 0 Å². The van der Waals surface area contributed by atoms with Gasteiger partial charge in [-0.2, -0.15) is 0 Å². The molecule has 0 bridgehead atoms. The molecule has 1 rings (SSSR count). The van der Waals surface area contributed by atoms with Crippen LogP contribution in [0.5, 0.6) is 0 Å². The van der Waals surface area contributed by atoms with Crippen molar-refractivity contribution in [2.45, 2.75) is 39.2 Å². The summed E-state index contributed by atoms with van der Waals surface area (Å²) in [4.78, 5) is 0. The summed E-state index contributed by atoms with van der Waals surface area (Å²) >= 11 is 0. The Morgan fingerprint density at radius 1 is 1.55 bits per heavy atom. The molecule has 1 heteroatoms. The first kappa shape index (κ1) is 8.79. The van der Waals surface area contributed by atoms with Crippen molar-refractivity contribution in [1.29, 1.82) is 0 Å². The standard InChI is InChI=1S/C10H18O/c1-8(2)10(11)7-5-4-6-9(10)3/h4,6,8-9,11H,5,7H2,1-3H3. The van der Waals surface area contributed by atoms with Gasteiger partial charge in [-0.05, 0) is 18.8 Å². The maximum absolute atomic E-state index is 10.2. The van der Waals surface area contributed by atoms with E-state index in [0.717, 1.165) is 12.8 Å². The minimum Gasteiger partial charge on any atom is -0.389 e. The van der Waals surface area contributed by atoms with E-state index in [-0.39, 0.29) is 0 Å². The number of rotatable bonds is 1. The summed E-state index contributed by atoms with van der Waals surface area (Å²) in [5.41, 5.74) is -0.450. The lowest BCUT2D eigenvalue weighted by atomic mass is 9.73. The molecule has 0 spiro atoms. The van der Waals surface area contributed by atoms with Crippen LogP contribution in [0.15, 0.2) is 12.2 Å². The van der Waals surface area contributed by atoms with Gasteiger partial charge >= 0.3 is 0 Å². The van der Waals surface area contributed by atoms with Crippen molar-refractivity contribution in [3.05, 3.63) is 12.2 Å². The van der Waals surface area contributed by atoms with Crippen molar-refractivity contribution < 1.29 is 5.11 Å². The van der Waals surface area contributed by atoms with E-state index in [1.54, 1.807) is 0 Å². The summed E-state index contributed by atoms with van der Waals surface area (Å²) in [6.07, 6.45) is 6.24. The van der Waals surface area contributed by atoms with E-state index in [4.69, 9.17) is 0 Å². The van der Waals surface area contributed by atoms with Gasteiger partial charge in [0.05, 0.1) is 5.60 Å². The van der Waals surface area contributed by atoms with E-state index >= 15 is 0 Å². The lowest BCUT2D eigenvalue weighted by Gasteiger charge is -2.38. The smallest absolute Gasteiger partial charge is 0.0733 e. The highest BCUT2D eigenvalue weighted by Crippen LogP contribution is 2.34. The van der Waals surface area contributed by atoms with Gasteiger partial charge in [0.25, 0.3) is 0 Å². The minimum absolute atomic E-state index is 0.316. The lowest BCUT2D eigenvalue weighted by molar-refractivity contribution is -0.0476. The molecule has 1 nitrogen and oxygen atoms in total. The van der Waals surface area contributed by atoms with Crippen molar-refractivity contribution in [3.63, 3.8) is 0 Å². The van der Waals surface area contributed by atoms with Crippen molar-refractivity contribution in [2.75, 3.05) is 0 Å². The molecule has 0 radical (unpaired) electrons. The first-order valence-electron chi connectivity index (χ1n) is 4.46. The second-order valence-electron chi connectivity index (χ2n) is 3.90. The average molecular weight is 154 g/mol. The predicted molar refractivity (Wildman–Crippen MR) is 47.3 cm³/mol.